The molecule has 2 N–H and O–H groups in total. The molecule has 0 saturated heterocycles. The Hall–Kier alpha value is -2.67. The number of hydrogen-bond donors (Lipinski definition) is 2. The molecule has 1 unspecified atom stereocenters. The highest BCUT2D eigenvalue weighted by atomic mass is 35.5. The normalized spacial score (nSPS) is 11.4. The van der Waals surface area contributed by atoms with Crippen LogP contribution in [0.1, 0.15) is 17.4 Å². The summed E-state index contributed by atoms with van der Waals surface area (Å²) >= 11 is 5.74. The molecule has 0 radical (unpaired) electrons. The van der Waals surface area contributed by atoms with Crippen molar-refractivity contribution >= 4 is 23.4 Å². The van der Waals surface area contributed by atoms with Crippen LogP contribution in [0.2, 0.25) is 5.02 Å². The van der Waals surface area contributed by atoms with Gasteiger partial charge < -0.3 is 4.74 Å². The van der Waals surface area contributed by atoms with Crippen LogP contribution in [-0.4, -0.2) is 22.9 Å². The van der Waals surface area contributed by atoms with Gasteiger partial charge in [0.1, 0.15) is 5.69 Å². The lowest BCUT2D eigenvalue weighted by Gasteiger charge is -2.15. The molecule has 2 amide bonds. The predicted octanol–water partition coefficient (Wildman–Crippen LogP) is 2.10. The second-order valence-corrected chi connectivity index (χ2v) is 4.93. The summed E-state index contributed by atoms with van der Waals surface area (Å²) in [6.07, 6.45) is 0.350. The number of carbonyl (C=O) groups excluding carboxylic acids is 2. The van der Waals surface area contributed by atoms with Gasteiger partial charge in [-0.15, -0.1) is 0 Å². The molecular weight excluding hydrogens is 325 g/mol. The molecule has 0 aliphatic rings. The highest BCUT2D eigenvalue weighted by Gasteiger charge is 2.17. The number of nitrogens with one attached hydrogen (secondary N) is 2. The van der Waals surface area contributed by atoms with Gasteiger partial charge in [0.05, 0.1) is 0 Å². The summed E-state index contributed by atoms with van der Waals surface area (Å²) in [5.74, 6) is -1.93. The number of para-hydroxylation sites is 1. The monoisotopic (exact) mass is 337 g/mol. The zero-order valence-corrected chi connectivity index (χ0v) is 12.8. The first-order chi connectivity index (χ1) is 11.0. The van der Waals surface area contributed by atoms with Crippen molar-refractivity contribution in [3.8, 4) is 5.75 Å². The van der Waals surface area contributed by atoms with E-state index in [2.05, 4.69) is 15.8 Å². The molecule has 2 aromatic rings. The van der Waals surface area contributed by atoms with Gasteiger partial charge in [0.15, 0.2) is 17.7 Å². The molecular formula is C15H13ClFN3O3. The van der Waals surface area contributed by atoms with Crippen LogP contribution in [0, 0.1) is 5.82 Å². The van der Waals surface area contributed by atoms with E-state index in [0.717, 1.165) is 0 Å². The largest absolute Gasteiger partial charge is 0.478 e. The molecule has 0 aliphatic carbocycles. The summed E-state index contributed by atoms with van der Waals surface area (Å²) < 4.78 is 18.6. The van der Waals surface area contributed by atoms with Crippen molar-refractivity contribution in [2.45, 2.75) is 13.0 Å². The van der Waals surface area contributed by atoms with Crippen molar-refractivity contribution in [1.29, 1.82) is 0 Å². The fourth-order valence-electron chi connectivity index (χ4n) is 1.60. The molecule has 2 rings (SSSR count). The lowest BCUT2D eigenvalue weighted by molar-refractivity contribution is -0.128. The first-order valence-corrected chi connectivity index (χ1v) is 6.98. The number of hydrazine groups is 1. The molecule has 23 heavy (non-hydrogen) atoms. The molecule has 1 aromatic carbocycles. The Balaban J connectivity index is 1.89. The topological polar surface area (TPSA) is 80.3 Å². The van der Waals surface area contributed by atoms with E-state index in [1.54, 1.807) is 6.07 Å². The van der Waals surface area contributed by atoms with Crippen LogP contribution < -0.4 is 15.6 Å². The molecule has 0 spiro atoms. The summed E-state index contributed by atoms with van der Waals surface area (Å²) in [7, 11) is 0. The van der Waals surface area contributed by atoms with Gasteiger partial charge in [-0.1, -0.05) is 23.7 Å². The van der Waals surface area contributed by atoms with Crippen LogP contribution in [-0.2, 0) is 4.79 Å². The highest BCUT2D eigenvalue weighted by Crippen LogP contribution is 2.16. The molecule has 0 aliphatic heterocycles. The summed E-state index contributed by atoms with van der Waals surface area (Å²) in [6.45, 7) is 1.42. The Morgan fingerprint density at radius 2 is 2.00 bits per heavy atom. The number of amides is 2. The van der Waals surface area contributed by atoms with Gasteiger partial charge in [-0.25, -0.2) is 4.39 Å². The quantitative estimate of drug-likeness (QED) is 0.837. The van der Waals surface area contributed by atoms with Gasteiger partial charge in [0, 0.05) is 11.2 Å². The average Bonchev–Trinajstić information content (AvgIpc) is 2.54. The third-order valence-electron chi connectivity index (χ3n) is 2.76. The number of ether oxygens (including phenoxy) is 1. The standard InChI is InChI=1S/C15H13ClFN3O3/c1-9(23-13-5-3-2-4-11(13)17)14(21)19-20-15(22)12-8-10(16)6-7-18-12/h2-9H,1H3,(H,19,21)(H,20,22). The minimum atomic E-state index is -1.01. The number of rotatable bonds is 4. The van der Waals surface area contributed by atoms with Crippen molar-refractivity contribution in [2.24, 2.45) is 0 Å². The zero-order valence-electron chi connectivity index (χ0n) is 12.0. The van der Waals surface area contributed by atoms with Crippen molar-refractivity contribution < 1.29 is 18.7 Å². The molecule has 0 fully saturated rings. The van der Waals surface area contributed by atoms with Crippen LogP contribution in [0.15, 0.2) is 42.6 Å². The highest BCUT2D eigenvalue weighted by molar-refractivity contribution is 6.30. The first-order valence-electron chi connectivity index (χ1n) is 6.60. The number of pyridine rings is 1. The maximum Gasteiger partial charge on any atom is 0.288 e. The number of nitrogens with zero attached hydrogens (tertiary/aromatic N) is 1. The van der Waals surface area contributed by atoms with Gasteiger partial charge >= 0.3 is 0 Å². The minimum absolute atomic E-state index is 0.0421. The number of aromatic nitrogens is 1. The van der Waals surface area contributed by atoms with Crippen LogP contribution in [0.4, 0.5) is 4.39 Å². The van der Waals surface area contributed by atoms with E-state index in [1.165, 1.54) is 43.5 Å². The van der Waals surface area contributed by atoms with E-state index in [0.29, 0.717) is 5.02 Å². The smallest absolute Gasteiger partial charge is 0.288 e. The molecule has 0 bridgehead atoms. The number of carbonyl (C=O) groups is 2. The third kappa shape index (κ3) is 4.65. The average molecular weight is 338 g/mol. The van der Waals surface area contributed by atoms with E-state index < -0.39 is 23.7 Å². The van der Waals surface area contributed by atoms with Crippen molar-refractivity contribution in [3.05, 3.63) is 59.1 Å². The molecule has 1 atom stereocenters. The van der Waals surface area contributed by atoms with Crippen molar-refractivity contribution in [1.82, 2.24) is 15.8 Å². The van der Waals surface area contributed by atoms with E-state index in [4.69, 9.17) is 16.3 Å². The lowest BCUT2D eigenvalue weighted by atomic mass is 10.3. The SMILES string of the molecule is CC(Oc1ccccc1F)C(=O)NNC(=O)c1cc(Cl)ccn1. The van der Waals surface area contributed by atoms with Crippen LogP contribution in [0.25, 0.3) is 0 Å². The van der Waals surface area contributed by atoms with E-state index in [-0.39, 0.29) is 11.4 Å². The zero-order chi connectivity index (χ0) is 16.8. The summed E-state index contributed by atoms with van der Waals surface area (Å²) in [5, 5.41) is 0.340. The van der Waals surface area contributed by atoms with Crippen molar-refractivity contribution in [2.75, 3.05) is 0 Å². The number of hydrogen-bond acceptors (Lipinski definition) is 4. The fraction of sp³-hybridized carbons (Fsp3) is 0.133. The molecule has 6 nitrogen and oxygen atoms in total. The molecule has 8 heteroatoms. The van der Waals surface area contributed by atoms with Gasteiger partial charge in [-0.3, -0.25) is 25.4 Å². The Kier molecular flexibility index (Phi) is 5.48. The molecule has 1 heterocycles. The Labute approximate surface area is 136 Å². The van der Waals surface area contributed by atoms with Gasteiger partial charge in [0.25, 0.3) is 11.8 Å². The summed E-state index contributed by atoms with van der Waals surface area (Å²) in [6, 6.07) is 8.56. The molecule has 1 aromatic heterocycles. The van der Waals surface area contributed by atoms with E-state index in [9.17, 15) is 14.0 Å². The van der Waals surface area contributed by atoms with Crippen molar-refractivity contribution in [3.63, 3.8) is 0 Å². The number of halogens is 2. The van der Waals surface area contributed by atoms with Gasteiger partial charge in [-0.2, -0.15) is 0 Å². The second-order valence-electron chi connectivity index (χ2n) is 4.49. The van der Waals surface area contributed by atoms with E-state index in [1.807, 2.05) is 0 Å². The summed E-state index contributed by atoms with van der Waals surface area (Å²) in [5.41, 5.74) is 4.39. The Bertz CT molecular complexity index is 727. The molecule has 0 saturated carbocycles. The van der Waals surface area contributed by atoms with Crippen LogP contribution in [0.5, 0.6) is 5.75 Å². The van der Waals surface area contributed by atoms with Gasteiger partial charge in [0.2, 0.25) is 0 Å². The maximum atomic E-state index is 13.4. The first kappa shape index (κ1) is 16.7. The number of benzene rings is 1. The third-order valence-corrected chi connectivity index (χ3v) is 3.00. The minimum Gasteiger partial charge on any atom is -0.478 e. The predicted molar refractivity (Wildman–Crippen MR) is 81.3 cm³/mol. The maximum absolute atomic E-state index is 13.4. The summed E-state index contributed by atoms with van der Waals surface area (Å²) in [4.78, 5) is 27.4. The van der Waals surface area contributed by atoms with Crippen LogP contribution >= 0.6 is 11.6 Å². The van der Waals surface area contributed by atoms with Gasteiger partial charge in [-0.05, 0) is 31.2 Å². The van der Waals surface area contributed by atoms with Crippen LogP contribution in [0.3, 0.4) is 0 Å². The lowest BCUT2D eigenvalue weighted by Crippen LogP contribution is -2.47. The Morgan fingerprint density at radius 3 is 2.70 bits per heavy atom. The molecule has 120 valence electrons. The Morgan fingerprint density at radius 1 is 1.26 bits per heavy atom. The second kappa shape index (κ2) is 7.55. The fourth-order valence-corrected chi connectivity index (χ4v) is 1.76. The van der Waals surface area contributed by atoms with E-state index >= 15 is 0 Å².